The minimum Gasteiger partial charge on any atom is -0.306 e. The fourth-order valence-corrected chi connectivity index (χ4v) is 2.87. The van der Waals surface area contributed by atoms with E-state index in [0.717, 1.165) is 12.8 Å². The summed E-state index contributed by atoms with van der Waals surface area (Å²) in [6.07, 6.45) is 13.8. The van der Waals surface area contributed by atoms with Gasteiger partial charge < -0.3 is 4.55 Å². The minimum absolute atomic E-state index is 0.291. The fraction of sp³-hybridized carbons (Fsp3) is 1.00. The van der Waals surface area contributed by atoms with Crippen LogP contribution in [0.15, 0.2) is 0 Å². The van der Waals surface area contributed by atoms with E-state index in [-0.39, 0.29) is 0 Å². The number of hydrogen-bond donors (Lipinski definition) is 1. The average molecular weight is 280 g/mol. The second-order valence-electron chi connectivity index (χ2n) is 4.82. The van der Waals surface area contributed by atoms with Gasteiger partial charge in [-0.3, -0.25) is 0 Å². The Kier molecular flexibility index (Phi) is 11.6. The van der Waals surface area contributed by atoms with E-state index >= 15 is 0 Å². The van der Waals surface area contributed by atoms with Crippen molar-refractivity contribution < 1.29 is 8.76 Å². The van der Waals surface area contributed by atoms with Gasteiger partial charge in [0.15, 0.2) is 0 Å². The van der Waals surface area contributed by atoms with Crippen molar-refractivity contribution in [1.29, 1.82) is 0 Å². The Morgan fingerprint density at radius 3 is 1.53 bits per heavy atom. The molecule has 0 saturated heterocycles. The Balaban J connectivity index is 3.04. The third-order valence-electron chi connectivity index (χ3n) is 3.01. The summed E-state index contributed by atoms with van der Waals surface area (Å²) in [5.41, 5.74) is 0. The van der Waals surface area contributed by atoms with Crippen molar-refractivity contribution in [3.63, 3.8) is 0 Å². The second kappa shape index (κ2) is 11.4. The highest BCUT2D eigenvalue weighted by molar-refractivity contribution is 8.29. The van der Waals surface area contributed by atoms with Gasteiger partial charge in [-0.1, -0.05) is 71.1 Å². The predicted molar refractivity (Wildman–Crippen MR) is 79.5 cm³/mol. The van der Waals surface area contributed by atoms with Gasteiger partial charge in [-0.05, 0) is 6.42 Å². The molecule has 1 atom stereocenters. The zero-order valence-corrected chi connectivity index (χ0v) is 12.8. The summed E-state index contributed by atoms with van der Waals surface area (Å²) < 4.78 is 19.7. The average Bonchev–Trinajstić information content (AvgIpc) is 2.24. The molecule has 0 aliphatic heterocycles. The summed E-state index contributed by atoms with van der Waals surface area (Å²) >= 11 is 4.44. The van der Waals surface area contributed by atoms with Crippen LogP contribution in [0.2, 0.25) is 0 Å². The van der Waals surface area contributed by atoms with Gasteiger partial charge in [0, 0.05) is 16.9 Å². The lowest BCUT2D eigenvalue weighted by atomic mass is 10.1. The molecular weight excluding hydrogens is 252 g/mol. The lowest BCUT2D eigenvalue weighted by molar-refractivity contribution is 0.543. The van der Waals surface area contributed by atoms with Gasteiger partial charge in [0.1, 0.15) is 8.77 Å². The van der Waals surface area contributed by atoms with Crippen LogP contribution in [0.25, 0.3) is 0 Å². The largest absolute Gasteiger partial charge is 0.306 e. The summed E-state index contributed by atoms with van der Waals surface area (Å²) in [5, 5.41) is 0. The lowest BCUT2D eigenvalue weighted by Gasteiger charge is -2.02. The smallest absolute Gasteiger partial charge is 0.141 e. The normalized spacial score (nSPS) is 14.7. The molecule has 0 aromatic heterocycles. The molecule has 0 aromatic carbocycles. The van der Waals surface area contributed by atoms with Crippen LogP contribution in [0.1, 0.15) is 77.6 Å². The van der Waals surface area contributed by atoms with Gasteiger partial charge in [-0.25, -0.2) is 4.21 Å². The highest BCUT2D eigenvalue weighted by atomic mass is 32.8. The van der Waals surface area contributed by atoms with Gasteiger partial charge in [-0.2, -0.15) is 0 Å². The zero-order valence-electron chi connectivity index (χ0n) is 11.2. The van der Waals surface area contributed by atoms with Crippen LogP contribution in [0.5, 0.6) is 0 Å². The van der Waals surface area contributed by atoms with Gasteiger partial charge in [0.2, 0.25) is 0 Å². The van der Waals surface area contributed by atoms with Crippen molar-refractivity contribution in [2.45, 2.75) is 77.6 Å². The Morgan fingerprint density at radius 1 is 0.824 bits per heavy atom. The van der Waals surface area contributed by atoms with Crippen molar-refractivity contribution in [3.05, 3.63) is 0 Å². The van der Waals surface area contributed by atoms with E-state index in [1.165, 1.54) is 57.8 Å². The molecule has 0 aromatic rings. The molecule has 0 bridgehead atoms. The lowest BCUT2D eigenvalue weighted by Crippen LogP contribution is -2.01. The molecule has 1 unspecified atom stereocenters. The molecule has 0 radical (unpaired) electrons. The van der Waals surface area contributed by atoms with E-state index in [9.17, 15) is 4.21 Å². The van der Waals surface area contributed by atoms with Gasteiger partial charge in [0.05, 0.1) is 0 Å². The molecule has 0 heterocycles. The number of hydrogen-bond acceptors (Lipinski definition) is 2. The first-order valence-corrected chi connectivity index (χ1v) is 9.62. The van der Waals surface area contributed by atoms with Crippen LogP contribution in [0, 0.1) is 0 Å². The summed E-state index contributed by atoms with van der Waals surface area (Å²) in [5.74, 6) is 0.291. The Bertz CT molecular complexity index is 248. The highest BCUT2D eigenvalue weighted by Gasteiger charge is 1.99. The summed E-state index contributed by atoms with van der Waals surface area (Å²) in [6.45, 7) is 2.24. The second-order valence-corrected chi connectivity index (χ2v) is 7.96. The topological polar surface area (TPSA) is 37.3 Å². The van der Waals surface area contributed by atoms with Crippen LogP contribution in [-0.2, 0) is 20.0 Å². The molecule has 4 heteroatoms. The molecule has 104 valence electrons. The molecule has 0 fully saturated rings. The number of rotatable bonds is 12. The minimum atomic E-state index is -2.90. The SMILES string of the molecule is CCCCCCCCCCCCCS(=O)(O)=S. The third kappa shape index (κ3) is 16.3. The van der Waals surface area contributed by atoms with E-state index < -0.39 is 8.77 Å². The van der Waals surface area contributed by atoms with E-state index in [1.807, 2.05) is 0 Å². The van der Waals surface area contributed by atoms with Crippen LogP contribution in [0.4, 0.5) is 0 Å². The molecule has 1 N–H and O–H groups in total. The van der Waals surface area contributed by atoms with E-state index in [2.05, 4.69) is 18.1 Å². The van der Waals surface area contributed by atoms with Crippen LogP contribution in [-0.4, -0.2) is 14.5 Å². The first-order valence-electron chi connectivity index (χ1n) is 7.01. The quantitative estimate of drug-likeness (QED) is 0.534. The fourth-order valence-electron chi connectivity index (χ4n) is 1.95. The zero-order chi connectivity index (χ0) is 13.0. The van der Waals surface area contributed by atoms with Crippen molar-refractivity contribution in [2.24, 2.45) is 0 Å². The monoisotopic (exact) mass is 280 g/mol. The van der Waals surface area contributed by atoms with E-state index in [4.69, 9.17) is 4.55 Å². The standard InChI is InChI=1S/C13H28O2S2/c1-2-3-4-5-6-7-8-9-10-11-12-13-17(14,15)16/h2-13H2,1H3,(H,14,15,16). The molecule has 0 saturated carbocycles. The van der Waals surface area contributed by atoms with Crippen molar-refractivity contribution in [1.82, 2.24) is 0 Å². The first-order chi connectivity index (χ1) is 8.06. The van der Waals surface area contributed by atoms with Gasteiger partial charge in [-0.15, -0.1) is 0 Å². The van der Waals surface area contributed by atoms with E-state index in [0.29, 0.717) is 5.75 Å². The van der Waals surface area contributed by atoms with Crippen LogP contribution in [0.3, 0.4) is 0 Å². The Labute approximate surface area is 112 Å². The summed E-state index contributed by atoms with van der Waals surface area (Å²) in [7, 11) is -2.90. The van der Waals surface area contributed by atoms with Crippen LogP contribution >= 0.6 is 0 Å². The molecule has 17 heavy (non-hydrogen) atoms. The Hall–Kier alpha value is 0.330. The maximum absolute atomic E-state index is 10.8. The summed E-state index contributed by atoms with van der Waals surface area (Å²) in [4.78, 5) is 0. The molecular formula is C13H28O2S2. The van der Waals surface area contributed by atoms with Gasteiger partial charge in [0.25, 0.3) is 0 Å². The van der Waals surface area contributed by atoms with Crippen molar-refractivity contribution >= 4 is 20.0 Å². The Morgan fingerprint density at radius 2 is 1.18 bits per heavy atom. The number of unbranched alkanes of at least 4 members (excludes halogenated alkanes) is 10. The van der Waals surface area contributed by atoms with Gasteiger partial charge >= 0.3 is 0 Å². The highest BCUT2D eigenvalue weighted by Crippen LogP contribution is 2.11. The maximum atomic E-state index is 10.8. The molecule has 0 amide bonds. The molecule has 0 aliphatic rings. The molecule has 0 aliphatic carbocycles. The van der Waals surface area contributed by atoms with Crippen LogP contribution < -0.4 is 0 Å². The first kappa shape index (κ1) is 17.3. The van der Waals surface area contributed by atoms with Crippen molar-refractivity contribution in [2.75, 3.05) is 5.75 Å². The maximum Gasteiger partial charge on any atom is 0.141 e. The summed E-state index contributed by atoms with van der Waals surface area (Å²) in [6, 6.07) is 0. The predicted octanol–water partition coefficient (Wildman–Crippen LogP) is 4.52. The molecule has 0 spiro atoms. The van der Waals surface area contributed by atoms with E-state index in [1.54, 1.807) is 0 Å². The third-order valence-corrected chi connectivity index (χ3v) is 4.31. The van der Waals surface area contributed by atoms with Crippen molar-refractivity contribution in [3.8, 4) is 0 Å². The molecule has 0 rings (SSSR count). The molecule has 2 nitrogen and oxygen atoms in total.